The van der Waals surface area contributed by atoms with Gasteiger partial charge < -0.3 is 4.74 Å². The number of allylic oxidation sites excluding steroid dienone is 1. The Bertz CT molecular complexity index is 710. The van der Waals surface area contributed by atoms with Gasteiger partial charge in [-0.25, -0.2) is 0 Å². The molecule has 2 rings (SSSR count). The van der Waals surface area contributed by atoms with Crippen molar-refractivity contribution in [2.24, 2.45) is 0 Å². The molecule has 0 aliphatic carbocycles. The van der Waals surface area contributed by atoms with E-state index in [1.807, 2.05) is 25.1 Å². The zero-order valence-electron chi connectivity index (χ0n) is 12.3. The normalized spacial score (nSPS) is 11.1. The van der Waals surface area contributed by atoms with Crippen LogP contribution in [-0.4, -0.2) is 22.7 Å². The third-order valence-corrected chi connectivity index (χ3v) is 4.07. The summed E-state index contributed by atoms with van der Waals surface area (Å²) < 4.78 is 7.58. The molecule has 0 saturated carbocycles. The molecule has 0 spiro atoms. The van der Waals surface area contributed by atoms with Crippen LogP contribution in [0.5, 0.6) is 5.75 Å². The van der Waals surface area contributed by atoms with E-state index >= 15 is 0 Å². The van der Waals surface area contributed by atoms with Gasteiger partial charge in [0, 0.05) is 12.1 Å². The van der Waals surface area contributed by atoms with Crippen molar-refractivity contribution in [1.82, 2.24) is 9.78 Å². The number of carbonyl (C=O) groups is 1. The van der Waals surface area contributed by atoms with Crippen LogP contribution in [0.1, 0.15) is 28.5 Å². The minimum atomic E-state index is -0.102. The lowest BCUT2D eigenvalue weighted by Crippen LogP contribution is -2.07. The summed E-state index contributed by atoms with van der Waals surface area (Å²) in [5.41, 5.74) is 2.33. The van der Waals surface area contributed by atoms with Crippen LogP contribution in [0.4, 0.5) is 0 Å². The van der Waals surface area contributed by atoms with E-state index in [1.165, 1.54) is 6.08 Å². The first-order valence-electron chi connectivity index (χ1n) is 6.77. The van der Waals surface area contributed by atoms with Crippen molar-refractivity contribution in [3.63, 3.8) is 0 Å². The van der Waals surface area contributed by atoms with Gasteiger partial charge in [0.1, 0.15) is 11.4 Å². The number of aryl methyl sites for hydroxylation is 1. The predicted octanol–water partition coefficient (Wildman–Crippen LogP) is 4.31. The summed E-state index contributed by atoms with van der Waals surface area (Å²) in [7, 11) is 1.61. The lowest BCUT2D eigenvalue weighted by molar-refractivity contribution is 0.103. The largest absolute Gasteiger partial charge is 0.496 e. The number of rotatable bonds is 6. The molecule has 1 heterocycles. The van der Waals surface area contributed by atoms with E-state index in [2.05, 4.69) is 21.0 Å². The van der Waals surface area contributed by atoms with E-state index in [-0.39, 0.29) is 5.78 Å². The standard InChI is InChI=1S/C16H16BrClN2O2/c1-3-20-16(13(17)10-19-20)14(21)6-4-11-5-7-15(22-2)12(8-11)9-18/h4-8,10H,3,9H2,1-2H3/b6-4+. The summed E-state index contributed by atoms with van der Waals surface area (Å²) >= 11 is 9.25. The van der Waals surface area contributed by atoms with Gasteiger partial charge in [-0.3, -0.25) is 9.48 Å². The molecule has 4 nitrogen and oxygen atoms in total. The van der Waals surface area contributed by atoms with Gasteiger partial charge in [0.25, 0.3) is 0 Å². The fraction of sp³-hybridized carbons (Fsp3) is 0.250. The Hall–Kier alpha value is -1.59. The minimum absolute atomic E-state index is 0.102. The van der Waals surface area contributed by atoms with E-state index in [1.54, 1.807) is 24.1 Å². The molecule has 0 fully saturated rings. The zero-order valence-corrected chi connectivity index (χ0v) is 14.7. The predicted molar refractivity (Wildman–Crippen MR) is 91.5 cm³/mol. The number of hydrogen-bond acceptors (Lipinski definition) is 3. The minimum Gasteiger partial charge on any atom is -0.496 e. The van der Waals surface area contributed by atoms with Gasteiger partial charge in [0.2, 0.25) is 5.78 Å². The van der Waals surface area contributed by atoms with Gasteiger partial charge in [-0.05, 0) is 46.6 Å². The van der Waals surface area contributed by atoms with E-state index in [0.717, 1.165) is 16.9 Å². The van der Waals surface area contributed by atoms with Crippen molar-refractivity contribution < 1.29 is 9.53 Å². The molecular formula is C16H16BrClN2O2. The summed E-state index contributed by atoms with van der Waals surface area (Å²) in [6.45, 7) is 2.58. The quantitative estimate of drug-likeness (QED) is 0.424. The second-order valence-corrected chi connectivity index (χ2v) is 5.68. The monoisotopic (exact) mass is 382 g/mol. The van der Waals surface area contributed by atoms with Crippen LogP contribution in [-0.2, 0) is 12.4 Å². The Morgan fingerprint density at radius 1 is 1.50 bits per heavy atom. The highest BCUT2D eigenvalue weighted by molar-refractivity contribution is 9.10. The van der Waals surface area contributed by atoms with E-state index in [0.29, 0.717) is 22.6 Å². The molecule has 6 heteroatoms. The average molecular weight is 384 g/mol. The average Bonchev–Trinajstić information content (AvgIpc) is 2.93. The van der Waals surface area contributed by atoms with Crippen molar-refractivity contribution in [1.29, 1.82) is 0 Å². The van der Waals surface area contributed by atoms with Gasteiger partial charge in [-0.2, -0.15) is 5.10 Å². The maximum atomic E-state index is 12.3. The molecule has 1 aromatic carbocycles. The molecule has 0 bridgehead atoms. The first-order valence-corrected chi connectivity index (χ1v) is 8.10. The molecule has 0 atom stereocenters. The van der Waals surface area contributed by atoms with E-state index in [9.17, 15) is 4.79 Å². The Labute approximate surface area is 142 Å². The molecule has 2 aromatic rings. The van der Waals surface area contributed by atoms with Crippen molar-refractivity contribution in [3.05, 3.63) is 51.8 Å². The molecular weight excluding hydrogens is 368 g/mol. The van der Waals surface area contributed by atoms with Gasteiger partial charge in [0.15, 0.2) is 0 Å². The number of methoxy groups -OCH3 is 1. The second-order valence-electron chi connectivity index (χ2n) is 4.56. The van der Waals surface area contributed by atoms with E-state index in [4.69, 9.17) is 16.3 Å². The molecule has 0 N–H and O–H groups in total. The molecule has 116 valence electrons. The van der Waals surface area contributed by atoms with Crippen molar-refractivity contribution in [3.8, 4) is 5.75 Å². The highest BCUT2D eigenvalue weighted by Crippen LogP contribution is 2.23. The lowest BCUT2D eigenvalue weighted by atomic mass is 10.1. The van der Waals surface area contributed by atoms with Crippen LogP contribution in [0.25, 0.3) is 6.08 Å². The number of ketones is 1. The Morgan fingerprint density at radius 3 is 2.91 bits per heavy atom. The lowest BCUT2D eigenvalue weighted by Gasteiger charge is -2.06. The van der Waals surface area contributed by atoms with Crippen LogP contribution in [0.15, 0.2) is 34.9 Å². The number of hydrogen-bond donors (Lipinski definition) is 0. The number of halogens is 2. The SMILES string of the molecule is CCn1ncc(Br)c1C(=O)/C=C/c1ccc(OC)c(CCl)c1. The summed E-state index contributed by atoms with van der Waals surface area (Å²) in [5.74, 6) is 0.993. The highest BCUT2D eigenvalue weighted by Gasteiger charge is 2.13. The number of alkyl halides is 1. The van der Waals surface area contributed by atoms with Crippen LogP contribution in [0.3, 0.4) is 0 Å². The summed E-state index contributed by atoms with van der Waals surface area (Å²) in [5, 5.41) is 4.14. The molecule has 0 aliphatic heterocycles. The zero-order chi connectivity index (χ0) is 16.1. The van der Waals surface area contributed by atoms with Crippen molar-refractivity contribution in [2.45, 2.75) is 19.3 Å². The van der Waals surface area contributed by atoms with Gasteiger partial charge in [0.05, 0.1) is 23.7 Å². The molecule has 0 saturated heterocycles. The van der Waals surface area contributed by atoms with Crippen LogP contribution < -0.4 is 4.74 Å². The van der Waals surface area contributed by atoms with Crippen LogP contribution in [0, 0.1) is 0 Å². The summed E-state index contributed by atoms with van der Waals surface area (Å²) in [6.07, 6.45) is 4.93. The maximum Gasteiger partial charge on any atom is 0.205 e. The Balaban J connectivity index is 2.24. The van der Waals surface area contributed by atoms with Crippen molar-refractivity contribution >= 4 is 39.4 Å². The first-order chi connectivity index (χ1) is 10.6. The highest BCUT2D eigenvalue weighted by atomic mass is 79.9. The number of carbonyl (C=O) groups excluding carboxylic acids is 1. The topological polar surface area (TPSA) is 44.1 Å². The summed E-state index contributed by atoms with van der Waals surface area (Å²) in [6, 6.07) is 5.63. The molecule has 22 heavy (non-hydrogen) atoms. The first kappa shape index (κ1) is 16.8. The molecule has 0 unspecified atom stereocenters. The van der Waals surface area contributed by atoms with Gasteiger partial charge in [-0.15, -0.1) is 11.6 Å². The maximum absolute atomic E-state index is 12.3. The van der Waals surface area contributed by atoms with E-state index < -0.39 is 0 Å². The fourth-order valence-electron chi connectivity index (χ4n) is 2.10. The number of ether oxygens (including phenoxy) is 1. The van der Waals surface area contributed by atoms with Crippen molar-refractivity contribution in [2.75, 3.05) is 7.11 Å². The van der Waals surface area contributed by atoms with Gasteiger partial charge in [-0.1, -0.05) is 12.1 Å². The fourth-order valence-corrected chi connectivity index (χ4v) is 2.81. The molecule has 1 aromatic heterocycles. The van der Waals surface area contributed by atoms with Gasteiger partial charge >= 0.3 is 0 Å². The summed E-state index contributed by atoms with van der Waals surface area (Å²) in [4.78, 5) is 12.3. The number of aromatic nitrogens is 2. The third-order valence-electron chi connectivity index (χ3n) is 3.20. The Kier molecular flexibility index (Phi) is 5.80. The second kappa shape index (κ2) is 7.61. The van der Waals surface area contributed by atoms with Crippen LogP contribution >= 0.6 is 27.5 Å². The van der Waals surface area contributed by atoms with Crippen LogP contribution in [0.2, 0.25) is 0 Å². The number of benzene rings is 1. The Morgan fingerprint density at radius 2 is 2.27 bits per heavy atom. The molecule has 0 aliphatic rings. The smallest absolute Gasteiger partial charge is 0.205 e. The molecule has 0 amide bonds. The third kappa shape index (κ3) is 3.59. The number of nitrogens with zero attached hydrogens (tertiary/aromatic N) is 2. The molecule has 0 radical (unpaired) electrons.